The normalized spacial score (nSPS) is 15.0. The van der Waals surface area contributed by atoms with Crippen LogP contribution in [0.3, 0.4) is 0 Å². The maximum absolute atomic E-state index is 12.7. The molecule has 15 heteroatoms. The van der Waals surface area contributed by atoms with Gasteiger partial charge in [0.05, 0.1) is 18.9 Å². The van der Waals surface area contributed by atoms with Gasteiger partial charge in [0.1, 0.15) is 18.1 Å². The smallest absolute Gasteiger partial charge is 0.326 e. The van der Waals surface area contributed by atoms with E-state index in [0.717, 1.165) is 0 Å². The van der Waals surface area contributed by atoms with Crippen LogP contribution in [0.15, 0.2) is 0 Å². The van der Waals surface area contributed by atoms with Crippen molar-refractivity contribution in [3.05, 3.63) is 0 Å². The van der Waals surface area contributed by atoms with Crippen LogP contribution in [0.4, 0.5) is 0 Å². The summed E-state index contributed by atoms with van der Waals surface area (Å²) in [5, 5.41) is 24.3. The first kappa shape index (κ1) is 30.2. The maximum atomic E-state index is 12.7. The molecule has 15 nitrogen and oxygen atoms in total. The number of amides is 5. The van der Waals surface area contributed by atoms with E-state index in [1.807, 2.05) is 5.32 Å². The molecule has 0 saturated carbocycles. The number of hydrogen-bond acceptors (Lipinski definition) is 8. The van der Waals surface area contributed by atoms with Crippen molar-refractivity contribution >= 4 is 41.5 Å². The number of rotatable bonds is 16. The van der Waals surface area contributed by atoms with E-state index < -0.39 is 91.3 Å². The second kappa shape index (κ2) is 14.4. The summed E-state index contributed by atoms with van der Waals surface area (Å²) in [5.74, 6) is -8.09. The van der Waals surface area contributed by atoms with Crippen molar-refractivity contribution in [2.24, 2.45) is 23.1 Å². The van der Waals surface area contributed by atoms with E-state index in [0.29, 0.717) is 6.42 Å². The summed E-state index contributed by atoms with van der Waals surface area (Å²) in [6.45, 7) is 3.49. The standard InChI is InChI=1S/C19H32N6O9/c1-3-8(2)15(22)18(32)25-11(7-13(21)27)17(31)24-10(6-12(20)26)16(30)23-9(19(33)34)4-5-14(28)29/h8-11,15H,3-7,22H2,1-2H3,(H2,20,26)(H2,21,27)(H,23,30)(H,24,31)(H,25,32)(H,28,29)(H,33,34). The Morgan fingerprint density at radius 2 is 1.18 bits per heavy atom. The summed E-state index contributed by atoms with van der Waals surface area (Å²) in [6.07, 6.45) is -1.91. The first-order chi connectivity index (χ1) is 15.7. The molecule has 0 aromatic carbocycles. The third-order valence-electron chi connectivity index (χ3n) is 4.90. The fraction of sp³-hybridized carbons (Fsp3) is 0.632. The van der Waals surface area contributed by atoms with Crippen LogP contribution in [0.2, 0.25) is 0 Å². The Bertz CT molecular complexity index is 803. The zero-order valence-corrected chi connectivity index (χ0v) is 18.9. The monoisotopic (exact) mass is 488 g/mol. The Morgan fingerprint density at radius 3 is 1.53 bits per heavy atom. The minimum Gasteiger partial charge on any atom is -0.481 e. The fourth-order valence-electron chi connectivity index (χ4n) is 2.67. The van der Waals surface area contributed by atoms with Gasteiger partial charge in [-0.05, 0) is 12.3 Å². The highest BCUT2D eigenvalue weighted by Gasteiger charge is 2.32. The first-order valence-corrected chi connectivity index (χ1v) is 10.4. The molecule has 0 aliphatic rings. The number of carboxylic acid groups (broad SMARTS) is 2. The third kappa shape index (κ3) is 11.2. The summed E-state index contributed by atoms with van der Waals surface area (Å²) < 4.78 is 0. The van der Waals surface area contributed by atoms with Crippen LogP contribution in [0, 0.1) is 5.92 Å². The first-order valence-electron chi connectivity index (χ1n) is 10.4. The quantitative estimate of drug-likeness (QED) is 0.106. The molecule has 5 atom stereocenters. The molecular weight excluding hydrogens is 456 g/mol. The topological polar surface area (TPSA) is 274 Å². The van der Waals surface area contributed by atoms with Gasteiger partial charge in [0.25, 0.3) is 0 Å². The molecule has 192 valence electrons. The molecule has 5 amide bonds. The van der Waals surface area contributed by atoms with Gasteiger partial charge in [0, 0.05) is 6.42 Å². The average Bonchev–Trinajstić information content (AvgIpc) is 2.73. The van der Waals surface area contributed by atoms with Crippen LogP contribution in [0.25, 0.3) is 0 Å². The second-order valence-electron chi connectivity index (χ2n) is 7.71. The Labute approximate surface area is 195 Å². The molecule has 11 N–H and O–H groups in total. The van der Waals surface area contributed by atoms with E-state index >= 15 is 0 Å². The van der Waals surface area contributed by atoms with Crippen molar-refractivity contribution in [3.8, 4) is 0 Å². The molecule has 0 saturated heterocycles. The van der Waals surface area contributed by atoms with Gasteiger partial charge < -0.3 is 43.4 Å². The molecule has 0 aromatic rings. The van der Waals surface area contributed by atoms with Crippen LogP contribution < -0.4 is 33.2 Å². The second-order valence-corrected chi connectivity index (χ2v) is 7.71. The van der Waals surface area contributed by atoms with Crippen LogP contribution in [0.5, 0.6) is 0 Å². The number of nitrogens with one attached hydrogen (secondary N) is 3. The van der Waals surface area contributed by atoms with Crippen molar-refractivity contribution in [1.29, 1.82) is 0 Å². The number of carbonyl (C=O) groups excluding carboxylic acids is 5. The summed E-state index contributed by atoms with van der Waals surface area (Å²) >= 11 is 0. The van der Waals surface area contributed by atoms with E-state index in [-0.39, 0.29) is 5.92 Å². The van der Waals surface area contributed by atoms with Gasteiger partial charge in [-0.1, -0.05) is 20.3 Å². The van der Waals surface area contributed by atoms with Crippen molar-refractivity contribution in [2.75, 3.05) is 0 Å². The summed E-state index contributed by atoms with van der Waals surface area (Å²) in [5.41, 5.74) is 16.0. The lowest BCUT2D eigenvalue weighted by atomic mass is 9.99. The SMILES string of the molecule is CCC(C)C(N)C(=O)NC(CC(N)=O)C(=O)NC(CC(N)=O)C(=O)NC(CCC(=O)O)C(=O)O. The molecule has 0 heterocycles. The highest BCUT2D eigenvalue weighted by Crippen LogP contribution is 2.07. The number of hydrogen-bond donors (Lipinski definition) is 8. The van der Waals surface area contributed by atoms with Crippen molar-refractivity contribution in [1.82, 2.24) is 16.0 Å². The molecule has 0 rings (SSSR count). The van der Waals surface area contributed by atoms with E-state index in [4.69, 9.17) is 22.3 Å². The van der Waals surface area contributed by atoms with E-state index in [9.17, 15) is 38.7 Å². The summed E-state index contributed by atoms with van der Waals surface area (Å²) in [4.78, 5) is 82.4. The molecule has 0 bridgehead atoms. The highest BCUT2D eigenvalue weighted by molar-refractivity contribution is 5.97. The molecule has 0 radical (unpaired) electrons. The molecule has 0 fully saturated rings. The summed E-state index contributed by atoms with van der Waals surface area (Å²) in [7, 11) is 0. The van der Waals surface area contributed by atoms with E-state index in [2.05, 4.69) is 10.6 Å². The predicted octanol–water partition coefficient (Wildman–Crippen LogP) is -3.49. The largest absolute Gasteiger partial charge is 0.481 e. The Morgan fingerprint density at radius 1 is 0.765 bits per heavy atom. The number of nitrogens with two attached hydrogens (primary N) is 3. The number of primary amides is 2. The van der Waals surface area contributed by atoms with E-state index in [1.165, 1.54) is 0 Å². The molecule has 0 spiro atoms. The maximum Gasteiger partial charge on any atom is 0.326 e. The minimum absolute atomic E-state index is 0.260. The highest BCUT2D eigenvalue weighted by atomic mass is 16.4. The van der Waals surface area contributed by atoms with Crippen LogP contribution in [0.1, 0.15) is 46.0 Å². The molecule has 34 heavy (non-hydrogen) atoms. The van der Waals surface area contributed by atoms with Crippen molar-refractivity contribution < 1.29 is 43.8 Å². The predicted molar refractivity (Wildman–Crippen MR) is 115 cm³/mol. The van der Waals surface area contributed by atoms with Gasteiger partial charge >= 0.3 is 11.9 Å². The Kier molecular flexibility index (Phi) is 12.8. The molecule has 0 aliphatic carbocycles. The number of aliphatic carboxylic acids is 2. The van der Waals surface area contributed by atoms with Crippen LogP contribution in [-0.4, -0.2) is 75.9 Å². The minimum atomic E-state index is -1.69. The average molecular weight is 488 g/mol. The zero-order valence-electron chi connectivity index (χ0n) is 18.9. The fourth-order valence-corrected chi connectivity index (χ4v) is 2.67. The van der Waals surface area contributed by atoms with Gasteiger partial charge in [-0.25, -0.2) is 4.79 Å². The number of carbonyl (C=O) groups is 7. The third-order valence-corrected chi connectivity index (χ3v) is 4.90. The van der Waals surface area contributed by atoms with Crippen LogP contribution >= 0.6 is 0 Å². The molecule has 0 aromatic heterocycles. The molecule has 0 aliphatic heterocycles. The van der Waals surface area contributed by atoms with Gasteiger partial charge in [-0.15, -0.1) is 0 Å². The lowest BCUT2D eigenvalue weighted by molar-refractivity contribution is -0.143. The van der Waals surface area contributed by atoms with Gasteiger partial charge in [-0.2, -0.15) is 0 Å². The summed E-state index contributed by atoms with van der Waals surface area (Å²) in [6, 6.07) is -5.88. The van der Waals surface area contributed by atoms with Crippen molar-refractivity contribution in [3.63, 3.8) is 0 Å². The molecular formula is C19H32N6O9. The van der Waals surface area contributed by atoms with Gasteiger partial charge in [-0.3, -0.25) is 28.8 Å². The molecule has 5 unspecified atom stereocenters. The van der Waals surface area contributed by atoms with Crippen LogP contribution in [-0.2, 0) is 33.6 Å². The Hall–Kier alpha value is -3.75. The van der Waals surface area contributed by atoms with Gasteiger partial charge in [0.15, 0.2) is 0 Å². The zero-order chi connectivity index (χ0) is 26.6. The van der Waals surface area contributed by atoms with Gasteiger partial charge in [0.2, 0.25) is 29.5 Å². The van der Waals surface area contributed by atoms with Crippen molar-refractivity contribution in [2.45, 2.75) is 70.1 Å². The number of carboxylic acids is 2. The van der Waals surface area contributed by atoms with E-state index in [1.54, 1.807) is 13.8 Å². The Balaban J connectivity index is 5.58. The lowest BCUT2D eigenvalue weighted by Gasteiger charge is -2.25. The lowest BCUT2D eigenvalue weighted by Crippen LogP contribution is -2.58.